The maximum absolute atomic E-state index is 8.29. The van der Waals surface area contributed by atoms with E-state index in [0.717, 1.165) is 37.3 Å². The maximum atomic E-state index is 8.29. The zero-order valence-corrected chi connectivity index (χ0v) is 17.9. The summed E-state index contributed by atoms with van der Waals surface area (Å²) in [5, 5.41) is 8.29. The van der Waals surface area contributed by atoms with Gasteiger partial charge in [-0.25, -0.2) is 9.82 Å². The number of nitrogens with zero attached hydrogens (tertiary/aromatic N) is 2. The van der Waals surface area contributed by atoms with Crippen LogP contribution in [0.5, 0.6) is 0 Å². The van der Waals surface area contributed by atoms with E-state index in [1.807, 2.05) is 0 Å². The Labute approximate surface area is 174 Å². The summed E-state index contributed by atoms with van der Waals surface area (Å²) < 4.78 is 6.15. The largest absolute Gasteiger partial charge is 0.375 e. The van der Waals surface area contributed by atoms with E-state index in [9.17, 15) is 0 Å². The standard InChI is InChI=1S/C23H32N2O2S/c1-3-4-5-6-16-24(2)23-12-10-21(11-13-23)8-9-22-14-18-25(19-15-22)17-7-20-28-27-26/h8-15,18-19H,3-7,16-17,20H2,1-2H3/p+1. The van der Waals surface area contributed by atoms with E-state index in [1.165, 1.54) is 42.5 Å². The summed E-state index contributed by atoms with van der Waals surface area (Å²) in [6, 6.07) is 13.0. The highest BCUT2D eigenvalue weighted by molar-refractivity contribution is 7.94. The quantitative estimate of drug-likeness (QED) is 0.154. The van der Waals surface area contributed by atoms with Crippen LogP contribution in [0.15, 0.2) is 48.8 Å². The molecule has 1 aromatic heterocycles. The molecule has 2 rings (SSSR count). The van der Waals surface area contributed by atoms with Gasteiger partial charge in [0, 0.05) is 55.6 Å². The van der Waals surface area contributed by atoms with Crippen molar-refractivity contribution in [3.8, 4) is 0 Å². The number of aryl methyl sites for hydroxylation is 1. The molecule has 28 heavy (non-hydrogen) atoms. The third-order valence-corrected chi connectivity index (χ3v) is 5.32. The van der Waals surface area contributed by atoms with Crippen LogP contribution in [0.1, 0.15) is 50.2 Å². The summed E-state index contributed by atoms with van der Waals surface area (Å²) in [4.78, 5) is 2.34. The zero-order chi connectivity index (χ0) is 20.0. The van der Waals surface area contributed by atoms with E-state index < -0.39 is 0 Å². The molecular formula is C23H33N2O2S+. The lowest BCUT2D eigenvalue weighted by atomic mass is 10.1. The SMILES string of the molecule is CCCCCCN(C)c1ccc(C=Cc2cc[n+](CCCSOO)cc2)cc1. The molecule has 152 valence electrons. The molecule has 1 heterocycles. The van der Waals surface area contributed by atoms with Crippen molar-refractivity contribution in [1.29, 1.82) is 0 Å². The average Bonchev–Trinajstić information content (AvgIpc) is 2.74. The van der Waals surface area contributed by atoms with Crippen LogP contribution in [0.4, 0.5) is 5.69 Å². The third kappa shape index (κ3) is 8.46. The van der Waals surface area contributed by atoms with Gasteiger partial charge < -0.3 is 4.90 Å². The highest BCUT2D eigenvalue weighted by Gasteiger charge is 2.02. The van der Waals surface area contributed by atoms with Crippen LogP contribution in [-0.4, -0.2) is 24.6 Å². The lowest BCUT2D eigenvalue weighted by Gasteiger charge is -2.19. The predicted molar refractivity (Wildman–Crippen MR) is 120 cm³/mol. The Bertz CT molecular complexity index is 687. The number of benzene rings is 1. The third-order valence-electron chi connectivity index (χ3n) is 4.76. The molecule has 2 aromatic rings. The predicted octanol–water partition coefficient (Wildman–Crippen LogP) is 5.69. The summed E-state index contributed by atoms with van der Waals surface area (Å²) in [5.41, 5.74) is 3.67. The molecule has 0 aliphatic rings. The number of aromatic nitrogens is 1. The fourth-order valence-corrected chi connectivity index (χ4v) is 3.33. The molecule has 0 unspecified atom stereocenters. The fraction of sp³-hybridized carbons (Fsp3) is 0.435. The van der Waals surface area contributed by atoms with E-state index in [2.05, 4.69) is 88.7 Å². The molecular weight excluding hydrogens is 368 g/mol. The van der Waals surface area contributed by atoms with Gasteiger partial charge in [-0.3, -0.25) is 0 Å². The molecule has 0 bridgehead atoms. The van der Waals surface area contributed by atoms with Gasteiger partial charge in [-0.1, -0.05) is 50.5 Å². The average molecular weight is 402 g/mol. The minimum absolute atomic E-state index is 0.773. The number of unbranched alkanes of at least 4 members (excludes halogenated alkanes) is 3. The minimum atomic E-state index is 0.773. The van der Waals surface area contributed by atoms with Gasteiger partial charge in [0.1, 0.15) is 6.54 Å². The van der Waals surface area contributed by atoms with Crippen molar-refractivity contribution >= 4 is 29.9 Å². The monoisotopic (exact) mass is 401 g/mol. The van der Waals surface area contributed by atoms with E-state index in [4.69, 9.17) is 5.26 Å². The van der Waals surface area contributed by atoms with Gasteiger partial charge in [-0.15, -0.1) is 0 Å². The first kappa shape index (κ1) is 22.5. The highest BCUT2D eigenvalue weighted by Crippen LogP contribution is 2.16. The molecule has 0 fully saturated rings. The number of anilines is 1. The number of hydrogen-bond donors (Lipinski definition) is 1. The van der Waals surface area contributed by atoms with E-state index in [0.29, 0.717) is 0 Å². The van der Waals surface area contributed by atoms with Crippen LogP contribution in [0.25, 0.3) is 12.2 Å². The van der Waals surface area contributed by atoms with Crippen molar-refractivity contribution in [1.82, 2.24) is 0 Å². The topological polar surface area (TPSA) is 36.6 Å². The molecule has 0 radical (unpaired) electrons. The molecule has 1 N–H and O–H groups in total. The lowest BCUT2D eigenvalue weighted by Crippen LogP contribution is -2.32. The lowest BCUT2D eigenvalue weighted by molar-refractivity contribution is -0.696. The zero-order valence-electron chi connectivity index (χ0n) is 17.1. The fourth-order valence-electron chi connectivity index (χ4n) is 3.01. The Morgan fingerprint density at radius 2 is 1.64 bits per heavy atom. The van der Waals surface area contributed by atoms with Crippen LogP contribution in [0.3, 0.4) is 0 Å². The summed E-state index contributed by atoms with van der Waals surface area (Å²) in [5.74, 6) is 0.773. The van der Waals surface area contributed by atoms with Crippen LogP contribution in [0.2, 0.25) is 0 Å². The van der Waals surface area contributed by atoms with Crippen molar-refractivity contribution in [3.05, 3.63) is 59.9 Å². The van der Waals surface area contributed by atoms with Gasteiger partial charge in [-0.05, 0) is 29.7 Å². The summed E-state index contributed by atoms with van der Waals surface area (Å²) in [6.45, 7) is 4.28. The number of hydrogen-bond acceptors (Lipinski definition) is 4. The van der Waals surface area contributed by atoms with Crippen molar-refractivity contribution in [3.63, 3.8) is 0 Å². The second-order valence-corrected chi connectivity index (χ2v) is 7.82. The Morgan fingerprint density at radius 3 is 2.29 bits per heavy atom. The van der Waals surface area contributed by atoms with Gasteiger partial charge in [0.15, 0.2) is 12.4 Å². The normalized spacial score (nSPS) is 11.2. The molecule has 0 spiro atoms. The van der Waals surface area contributed by atoms with Gasteiger partial charge >= 0.3 is 0 Å². The van der Waals surface area contributed by atoms with E-state index in [-0.39, 0.29) is 0 Å². The van der Waals surface area contributed by atoms with Crippen molar-refractivity contribution in [2.24, 2.45) is 0 Å². The number of rotatable bonds is 13. The van der Waals surface area contributed by atoms with Crippen molar-refractivity contribution in [2.75, 3.05) is 24.2 Å². The van der Waals surface area contributed by atoms with Crippen LogP contribution < -0.4 is 9.47 Å². The smallest absolute Gasteiger partial charge is 0.169 e. The molecule has 0 saturated heterocycles. The summed E-state index contributed by atoms with van der Waals surface area (Å²) in [7, 11) is 2.17. The Balaban J connectivity index is 1.81. The molecule has 0 saturated carbocycles. The van der Waals surface area contributed by atoms with Crippen LogP contribution in [0, 0.1) is 0 Å². The Morgan fingerprint density at radius 1 is 0.964 bits per heavy atom. The summed E-state index contributed by atoms with van der Waals surface area (Å²) in [6.07, 6.45) is 14.6. The van der Waals surface area contributed by atoms with Gasteiger partial charge in [0.2, 0.25) is 0 Å². The first-order valence-electron chi connectivity index (χ1n) is 10.1. The Hall–Kier alpha value is -1.82. The highest BCUT2D eigenvalue weighted by atomic mass is 32.2. The Kier molecular flexibility index (Phi) is 10.7. The van der Waals surface area contributed by atoms with Gasteiger partial charge in [0.05, 0.1) is 0 Å². The molecule has 4 nitrogen and oxygen atoms in total. The molecule has 0 atom stereocenters. The van der Waals surface area contributed by atoms with E-state index >= 15 is 0 Å². The van der Waals surface area contributed by atoms with Crippen LogP contribution in [-0.2, 0) is 10.9 Å². The molecule has 0 aliphatic heterocycles. The minimum Gasteiger partial charge on any atom is -0.375 e. The first-order valence-corrected chi connectivity index (χ1v) is 11.1. The van der Waals surface area contributed by atoms with Gasteiger partial charge in [-0.2, -0.15) is 4.33 Å². The molecule has 5 heteroatoms. The molecule has 0 aliphatic carbocycles. The van der Waals surface area contributed by atoms with E-state index in [1.54, 1.807) is 0 Å². The van der Waals surface area contributed by atoms with Gasteiger partial charge in [0.25, 0.3) is 0 Å². The molecule has 1 aromatic carbocycles. The maximum Gasteiger partial charge on any atom is 0.169 e. The van der Waals surface area contributed by atoms with Crippen molar-refractivity contribution in [2.45, 2.75) is 45.6 Å². The number of pyridine rings is 1. The first-order chi connectivity index (χ1) is 13.7. The summed E-state index contributed by atoms with van der Waals surface area (Å²) >= 11 is 1.07. The second-order valence-electron chi connectivity index (χ2n) is 7.03. The van der Waals surface area contributed by atoms with Crippen molar-refractivity contribution < 1.29 is 14.2 Å². The van der Waals surface area contributed by atoms with Crippen LogP contribution >= 0.6 is 12.0 Å². The second kappa shape index (κ2) is 13.4. The molecule has 0 amide bonds.